The first-order chi connectivity index (χ1) is 11.6. The molecule has 2 heterocycles. The molecule has 24 heavy (non-hydrogen) atoms. The van der Waals surface area contributed by atoms with Crippen molar-refractivity contribution in [1.82, 2.24) is 20.2 Å². The zero-order chi connectivity index (χ0) is 16.7. The fourth-order valence-electron chi connectivity index (χ4n) is 2.73. The number of nitro groups is 1. The van der Waals surface area contributed by atoms with Crippen molar-refractivity contribution in [2.24, 2.45) is 0 Å². The maximum Gasteiger partial charge on any atom is 0.271 e. The first-order valence-electron chi connectivity index (χ1n) is 7.64. The summed E-state index contributed by atoms with van der Waals surface area (Å²) in [5.41, 5.74) is 0.535. The molecule has 1 aliphatic heterocycles. The van der Waals surface area contributed by atoms with E-state index in [0.717, 1.165) is 12.8 Å². The second-order valence-corrected chi connectivity index (χ2v) is 6.97. The van der Waals surface area contributed by atoms with Crippen LogP contribution in [0.5, 0.6) is 0 Å². The van der Waals surface area contributed by atoms with Crippen molar-refractivity contribution in [1.29, 1.82) is 0 Å². The summed E-state index contributed by atoms with van der Waals surface area (Å²) in [6, 6.07) is 6.51. The van der Waals surface area contributed by atoms with E-state index in [2.05, 4.69) is 15.5 Å². The van der Waals surface area contributed by atoms with Crippen molar-refractivity contribution < 1.29 is 9.72 Å². The molecule has 1 saturated heterocycles. The lowest BCUT2D eigenvalue weighted by molar-refractivity contribution is -0.384. The minimum Gasteiger partial charge on any atom is -0.311 e. The molecule has 1 saturated carbocycles. The number of hydrogen-bond donors (Lipinski definition) is 0. The van der Waals surface area contributed by atoms with E-state index < -0.39 is 4.92 Å². The number of hydrogen-bond acceptors (Lipinski definition) is 7. The van der Waals surface area contributed by atoms with Gasteiger partial charge in [0.1, 0.15) is 0 Å². The summed E-state index contributed by atoms with van der Waals surface area (Å²) >= 11 is 1.37. The average Bonchev–Trinajstić information content (AvgIpc) is 3.22. The Morgan fingerprint density at radius 1 is 1.29 bits per heavy atom. The molecule has 0 spiro atoms. The second kappa shape index (κ2) is 5.86. The molecular weight excluding hydrogens is 332 g/mol. The van der Waals surface area contributed by atoms with Crippen molar-refractivity contribution in [3.8, 4) is 0 Å². The monoisotopic (exact) mass is 346 g/mol. The number of rotatable bonds is 5. The molecule has 2 aliphatic rings. The van der Waals surface area contributed by atoms with Crippen molar-refractivity contribution in [3.05, 3.63) is 34.4 Å². The average molecular weight is 346 g/mol. The summed E-state index contributed by atoms with van der Waals surface area (Å²) < 4.78 is 1.79. The fourth-order valence-corrected chi connectivity index (χ4v) is 3.82. The summed E-state index contributed by atoms with van der Waals surface area (Å²) in [4.78, 5) is 24.7. The van der Waals surface area contributed by atoms with Crippen LogP contribution in [0.15, 0.2) is 29.4 Å². The summed E-state index contributed by atoms with van der Waals surface area (Å²) in [5, 5.41) is 23.0. The van der Waals surface area contributed by atoms with Gasteiger partial charge >= 0.3 is 0 Å². The topological polar surface area (TPSA) is 107 Å². The Bertz CT molecular complexity index is 805. The highest BCUT2D eigenvalue weighted by atomic mass is 32.2. The lowest BCUT2D eigenvalue weighted by Gasteiger charge is -2.16. The Hall–Kier alpha value is -2.49. The molecule has 1 aliphatic carbocycles. The van der Waals surface area contributed by atoms with Crippen LogP contribution in [0.2, 0.25) is 0 Å². The van der Waals surface area contributed by atoms with Gasteiger partial charge < -0.3 is 4.90 Å². The van der Waals surface area contributed by atoms with Gasteiger partial charge in [0.15, 0.2) is 0 Å². The van der Waals surface area contributed by atoms with E-state index in [4.69, 9.17) is 0 Å². The van der Waals surface area contributed by atoms with Crippen LogP contribution in [-0.2, 0) is 4.79 Å². The van der Waals surface area contributed by atoms with E-state index in [9.17, 15) is 14.9 Å². The number of nitro benzene ring substituents is 1. The molecule has 0 unspecified atom stereocenters. The molecule has 2 fully saturated rings. The van der Waals surface area contributed by atoms with Crippen molar-refractivity contribution in [2.75, 3.05) is 11.4 Å². The second-order valence-electron chi connectivity index (χ2n) is 5.80. The van der Waals surface area contributed by atoms with E-state index in [0.29, 0.717) is 29.9 Å². The number of non-ortho nitro benzene ring substituents is 1. The number of nitrogens with zero attached hydrogens (tertiary/aromatic N) is 6. The third-order valence-corrected chi connectivity index (χ3v) is 5.31. The van der Waals surface area contributed by atoms with Crippen LogP contribution < -0.4 is 4.90 Å². The standard InChI is InChI=1S/C14H14N6O3S/c21-13-12(24-14-15-16-17-19(14)9-4-5-9)6-7-18(13)10-2-1-3-11(8-10)20(22)23/h1-3,8-9,12H,4-7H2/t12-/m1/s1. The summed E-state index contributed by atoms with van der Waals surface area (Å²) in [6.45, 7) is 0.530. The molecule has 124 valence electrons. The van der Waals surface area contributed by atoms with Crippen LogP contribution in [0, 0.1) is 10.1 Å². The molecule has 10 heteroatoms. The summed E-state index contributed by atoms with van der Waals surface area (Å²) in [5.74, 6) is -0.0640. The molecule has 0 bridgehead atoms. The van der Waals surface area contributed by atoms with Crippen LogP contribution in [0.1, 0.15) is 25.3 Å². The van der Waals surface area contributed by atoms with Crippen LogP contribution in [0.25, 0.3) is 0 Å². The minimum absolute atomic E-state index is 0.0194. The van der Waals surface area contributed by atoms with Crippen LogP contribution in [0.3, 0.4) is 0 Å². The number of carbonyl (C=O) groups is 1. The molecule has 1 atom stereocenters. The van der Waals surface area contributed by atoms with Crippen LogP contribution in [-0.4, -0.2) is 42.8 Å². The van der Waals surface area contributed by atoms with Crippen molar-refractivity contribution in [3.63, 3.8) is 0 Å². The van der Waals surface area contributed by atoms with Gasteiger partial charge in [-0.3, -0.25) is 14.9 Å². The van der Waals surface area contributed by atoms with Gasteiger partial charge in [0.05, 0.1) is 21.9 Å². The number of amides is 1. The molecule has 0 radical (unpaired) electrons. The maximum absolute atomic E-state index is 12.7. The third kappa shape index (κ3) is 2.73. The predicted molar refractivity (Wildman–Crippen MR) is 85.8 cm³/mol. The highest BCUT2D eigenvalue weighted by Crippen LogP contribution is 2.39. The van der Waals surface area contributed by atoms with Gasteiger partial charge in [-0.25, -0.2) is 4.68 Å². The Kier molecular flexibility index (Phi) is 3.68. The molecule has 9 nitrogen and oxygen atoms in total. The number of thioether (sulfide) groups is 1. The van der Waals surface area contributed by atoms with Crippen LogP contribution in [0.4, 0.5) is 11.4 Å². The smallest absolute Gasteiger partial charge is 0.271 e. The molecule has 1 aromatic carbocycles. The Morgan fingerprint density at radius 2 is 2.12 bits per heavy atom. The van der Waals surface area contributed by atoms with E-state index in [1.54, 1.807) is 21.7 Å². The minimum atomic E-state index is -0.458. The normalized spacial score (nSPS) is 20.6. The molecule has 1 aromatic heterocycles. The van der Waals surface area contributed by atoms with Gasteiger partial charge in [-0.2, -0.15) is 0 Å². The zero-order valence-electron chi connectivity index (χ0n) is 12.6. The number of carbonyl (C=O) groups excluding carboxylic acids is 1. The number of aromatic nitrogens is 4. The Balaban J connectivity index is 1.51. The summed E-state index contributed by atoms with van der Waals surface area (Å²) in [7, 11) is 0. The Morgan fingerprint density at radius 3 is 2.88 bits per heavy atom. The van der Waals surface area contributed by atoms with Crippen LogP contribution >= 0.6 is 11.8 Å². The molecular formula is C14H14N6O3S. The molecule has 2 aromatic rings. The van der Waals surface area contributed by atoms with E-state index in [1.165, 1.54) is 23.9 Å². The summed E-state index contributed by atoms with van der Waals surface area (Å²) in [6.07, 6.45) is 2.79. The first kappa shape index (κ1) is 15.1. The lowest BCUT2D eigenvalue weighted by atomic mass is 10.2. The van der Waals surface area contributed by atoms with Gasteiger partial charge in [-0.15, -0.1) is 5.10 Å². The van der Waals surface area contributed by atoms with Gasteiger partial charge in [-0.1, -0.05) is 17.8 Å². The quantitative estimate of drug-likeness (QED) is 0.600. The Labute approximate surface area is 141 Å². The molecule has 0 N–H and O–H groups in total. The first-order valence-corrected chi connectivity index (χ1v) is 8.52. The largest absolute Gasteiger partial charge is 0.311 e. The lowest BCUT2D eigenvalue weighted by Crippen LogP contribution is -2.28. The maximum atomic E-state index is 12.7. The van der Waals surface area contributed by atoms with E-state index in [-0.39, 0.29) is 16.8 Å². The molecule has 1 amide bonds. The predicted octanol–water partition coefficient (Wildman–Crippen LogP) is 1.81. The van der Waals surface area contributed by atoms with Gasteiger partial charge in [0.2, 0.25) is 11.1 Å². The highest BCUT2D eigenvalue weighted by molar-refractivity contribution is 8.00. The van der Waals surface area contributed by atoms with Gasteiger partial charge in [-0.05, 0) is 35.8 Å². The number of tetrazole rings is 1. The van der Waals surface area contributed by atoms with Crippen molar-refractivity contribution in [2.45, 2.75) is 35.7 Å². The third-order valence-electron chi connectivity index (χ3n) is 4.11. The van der Waals surface area contributed by atoms with E-state index in [1.807, 2.05) is 0 Å². The number of anilines is 1. The fraction of sp³-hybridized carbons (Fsp3) is 0.429. The van der Waals surface area contributed by atoms with Crippen molar-refractivity contribution >= 4 is 29.0 Å². The van der Waals surface area contributed by atoms with E-state index >= 15 is 0 Å². The van der Waals surface area contributed by atoms with Gasteiger partial charge in [0, 0.05) is 18.7 Å². The zero-order valence-corrected chi connectivity index (χ0v) is 13.4. The highest BCUT2D eigenvalue weighted by Gasteiger charge is 2.36. The molecule has 4 rings (SSSR count). The number of benzene rings is 1. The van der Waals surface area contributed by atoms with Gasteiger partial charge in [0.25, 0.3) is 5.69 Å². The SMILES string of the molecule is O=C1[C@H](Sc2nnnn2C2CC2)CCN1c1cccc([N+](=O)[O-])c1.